The van der Waals surface area contributed by atoms with E-state index in [0.29, 0.717) is 11.5 Å². The Morgan fingerprint density at radius 2 is 1.87 bits per heavy atom. The molecule has 3 N–H and O–H groups in total. The highest BCUT2D eigenvalue weighted by Crippen LogP contribution is 2.40. The summed E-state index contributed by atoms with van der Waals surface area (Å²) < 4.78 is 13.8. The number of carbonyl (C=O) groups excluding carboxylic acids is 1. The second-order valence-corrected chi connectivity index (χ2v) is 5.48. The number of rotatable bonds is 4. The molecule has 23 heavy (non-hydrogen) atoms. The lowest BCUT2D eigenvalue weighted by Gasteiger charge is -2.09. The summed E-state index contributed by atoms with van der Waals surface area (Å²) in [6, 6.07) is 10.9. The maximum Gasteiger partial charge on any atom is 0.409 e. The fraction of sp³-hybridized carbons (Fsp3) is 0.176. The van der Waals surface area contributed by atoms with E-state index in [9.17, 15) is 14.0 Å². The Bertz CT molecular complexity index is 772. The smallest absolute Gasteiger partial charge is 0.409 e. The van der Waals surface area contributed by atoms with Crippen molar-refractivity contribution < 1.29 is 19.1 Å². The molecule has 118 valence electrons. The van der Waals surface area contributed by atoms with Crippen LogP contribution in [0.5, 0.6) is 0 Å². The van der Waals surface area contributed by atoms with Crippen molar-refractivity contribution in [3.05, 3.63) is 59.4 Å². The number of carboxylic acid groups (broad SMARTS) is 1. The Balaban J connectivity index is 1.79. The molecule has 1 aliphatic carbocycles. The van der Waals surface area contributed by atoms with Crippen LogP contribution in [-0.2, 0) is 0 Å². The van der Waals surface area contributed by atoms with E-state index >= 15 is 0 Å². The molecule has 0 spiro atoms. The van der Waals surface area contributed by atoms with Gasteiger partial charge < -0.3 is 10.4 Å². The second-order valence-electron chi connectivity index (χ2n) is 5.48. The molecule has 0 saturated heterocycles. The topological polar surface area (TPSA) is 78.4 Å². The van der Waals surface area contributed by atoms with E-state index in [2.05, 4.69) is 10.6 Å². The molecule has 0 aromatic heterocycles. The van der Waals surface area contributed by atoms with Crippen LogP contribution in [0.3, 0.4) is 0 Å². The molecule has 0 aliphatic heterocycles. The third-order valence-corrected chi connectivity index (χ3v) is 3.66. The van der Waals surface area contributed by atoms with Gasteiger partial charge in [0, 0.05) is 11.3 Å². The second kappa shape index (κ2) is 6.08. The van der Waals surface area contributed by atoms with Gasteiger partial charge in [-0.1, -0.05) is 12.1 Å². The Hall–Kier alpha value is -2.89. The molecule has 0 unspecified atom stereocenters. The standard InChI is InChI=1S/C17H15FN2O3/c18-14-7-6-13(19-17(22)23)9-15(14)20-16(21)12-3-1-2-11(8-12)10-4-5-10/h1-3,6-10,19H,4-5H2,(H,20,21)(H,22,23). The molecule has 6 heteroatoms. The number of halogens is 1. The summed E-state index contributed by atoms with van der Waals surface area (Å²) in [4.78, 5) is 22.9. The summed E-state index contributed by atoms with van der Waals surface area (Å²) in [6.45, 7) is 0. The first-order valence-electron chi connectivity index (χ1n) is 7.24. The predicted octanol–water partition coefficient (Wildman–Crippen LogP) is 4.05. The number of carbonyl (C=O) groups is 2. The van der Waals surface area contributed by atoms with E-state index in [4.69, 9.17) is 5.11 Å². The Morgan fingerprint density at radius 1 is 1.09 bits per heavy atom. The van der Waals surface area contributed by atoms with Gasteiger partial charge in [0.05, 0.1) is 5.69 Å². The Kier molecular flexibility index (Phi) is 3.97. The van der Waals surface area contributed by atoms with E-state index in [1.54, 1.807) is 12.1 Å². The molecule has 2 aromatic rings. The normalized spacial score (nSPS) is 13.4. The highest BCUT2D eigenvalue weighted by molar-refractivity contribution is 6.04. The maximum absolute atomic E-state index is 13.8. The Labute approximate surface area is 132 Å². The first kappa shape index (κ1) is 15.0. The fourth-order valence-corrected chi connectivity index (χ4v) is 2.37. The molecule has 0 bridgehead atoms. The number of benzene rings is 2. The summed E-state index contributed by atoms with van der Waals surface area (Å²) in [5.74, 6) is -0.547. The lowest BCUT2D eigenvalue weighted by atomic mass is 10.1. The lowest BCUT2D eigenvalue weighted by Crippen LogP contribution is -2.14. The molecule has 0 radical (unpaired) electrons. The lowest BCUT2D eigenvalue weighted by molar-refractivity contribution is 0.102. The van der Waals surface area contributed by atoms with Crippen molar-refractivity contribution in [2.45, 2.75) is 18.8 Å². The van der Waals surface area contributed by atoms with Crippen molar-refractivity contribution in [2.24, 2.45) is 0 Å². The van der Waals surface area contributed by atoms with Gasteiger partial charge in [0.25, 0.3) is 5.91 Å². The highest BCUT2D eigenvalue weighted by Gasteiger charge is 2.24. The van der Waals surface area contributed by atoms with Crippen LogP contribution >= 0.6 is 0 Å². The van der Waals surface area contributed by atoms with E-state index in [1.165, 1.54) is 12.1 Å². The van der Waals surface area contributed by atoms with Gasteiger partial charge in [0.1, 0.15) is 5.82 Å². The number of amides is 2. The van der Waals surface area contributed by atoms with E-state index in [-0.39, 0.29) is 11.4 Å². The van der Waals surface area contributed by atoms with Gasteiger partial charge in [0.2, 0.25) is 0 Å². The van der Waals surface area contributed by atoms with Crippen LogP contribution in [0.4, 0.5) is 20.6 Å². The van der Waals surface area contributed by atoms with Gasteiger partial charge >= 0.3 is 6.09 Å². The molecule has 3 rings (SSSR count). The maximum atomic E-state index is 13.8. The predicted molar refractivity (Wildman–Crippen MR) is 84.4 cm³/mol. The SMILES string of the molecule is O=C(O)Nc1ccc(F)c(NC(=O)c2cccc(C3CC3)c2)c1. The van der Waals surface area contributed by atoms with Gasteiger partial charge in [-0.2, -0.15) is 0 Å². The first-order chi connectivity index (χ1) is 11.0. The fourth-order valence-electron chi connectivity index (χ4n) is 2.37. The van der Waals surface area contributed by atoms with Crippen LogP contribution < -0.4 is 10.6 Å². The molecule has 1 saturated carbocycles. The third kappa shape index (κ3) is 3.66. The minimum atomic E-state index is -1.26. The zero-order valence-electron chi connectivity index (χ0n) is 12.2. The van der Waals surface area contributed by atoms with Gasteiger partial charge in [-0.05, 0) is 54.7 Å². The van der Waals surface area contributed by atoms with Crippen molar-refractivity contribution in [3.63, 3.8) is 0 Å². The van der Waals surface area contributed by atoms with Crippen molar-refractivity contribution in [2.75, 3.05) is 10.6 Å². The molecule has 5 nitrogen and oxygen atoms in total. The van der Waals surface area contributed by atoms with Crippen LogP contribution in [-0.4, -0.2) is 17.1 Å². The molecule has 1 aliphatic rings. The van der Waals surface area contributed by atoms with Gasteiger partial charge in [-0.3, -0.25) is 10.1 Å². The summed E-state index contributed by atoms with van der Waals surface area (Å²) in [5.41, 5.74) is 1.67. The van der Waals surface area contributed by atoms with Crippen molar-refractivity contribution in [3.8, 4) is 0 Å². The quantitative estimate of drug-likeness (QED) is 0.796. The number of nitrogens with one attached hydrogen (secondary N) is 2. The van der Waals surface area contributed by atoms with Gasteiger partial charge in [-0.25, -0.2) is 9.18 Å². The largest absolute Gasteiger partial charge is 0.465 e. The average Bonchev–Trinajstić information content (AvgIpc) is 3.35. The Morgan fingerprint density at radius 3 is 2.57 bits per heavy atom. The first-order valence-corrected chi connectivity index (χ1v) is 7.24. The monoisotopic (exact) mass is 314 g/mol. The molecule has 2 aromatic carbocycles. The van der Waals surface area contributed by atoms with Gasteiger partial charge in [0.15, 0.2) is 0 Å². The van der Waals surface area contributed by atoms with Crippen LogP contribution in [0.2, 0.25) is 0 Å². The minimum Gasteiger partial charge on any atom is -0.465 e. The molecule has 0 atom stereocenters. The molecule has 0 heterocycles. The molecule has 1 fully saturated rings. The minimum absolute atomic E-state index is 0.0712. The summed E-state index contributed by atoms with van der Waals surface area (Å²) in [7, 11) is 0. The summed E-state index contributed by atoms with van der Waals surface area (Å²) in [6.07, 6.45) is 0.997. The zero-order chi connectivity index (χ0) is 16.4. The van der Waals surface area contributed by atoms with Gasteiger partial charge in [-0.15, -0.1) is 0 Å². The van der Waals surface area contributed by atoms with Crippen LogP contribution in [0.15, 0.2) is 42.5 Å². The van der Waals surface area contributed by atoms with Crippen LogP contribution in [0, 0.1) is 5.82 Å². The summed E-state index contributed by atoms with van der Waals surface area (Å²) in [5, 5.41) is 13.3. The van der Waals surface area contributed by atoms with Crippen LogP contribution in [0.1, 0.15) is 34.7 Å². The van der Waals surface area contributed by atoms with Crippen molar-refractivity contribution in [1.29, 1.82) is 0 Å². The third-order valence-electron chi connectivity index (χ3n) is 3.66. The van der Waals surface area contributed by atoms with Crippen molar-refractivity contribution in [1.82, 2.24) is 0 Å². The number of hydrogen-bond acceptors (Lipinski definition) is 2. The van der Waals surface area contributed by atoms with Crippen molar-refractivity contribution >= 4 is 23.4 Å². The molecular formula is C17H15FN2O3. The average molecular weight is 314 g/mol. The molecular weight excluding hydrogens is 299 g/mol. The van der Waals surface area contributed by atoms with E-state index < -0.39 is 17.8 Å². The summed E-state index contributed by atoms with van der Waals surface area (Å²) >= 11 is 0. The zero-order valence-corrected chi connectivity index (χ0v) is 12.2. The number of hydrogen-bond donors (Lipinski definition) is 3. The molecule has 2 amide bonds. The highest BCUT2D eigenvalue weighted by atomic mass is 19.1. The van der Waals surface area contributed by atoms with E-state index in [0.717, 1.165) is 24.5 Å². The van der Waals surface area contributed by atoms with Crippen LogP contribution in [0.25, 0.3) is 0 Å². The van der Waals surface area contributed by atoms with E-state index in [1.807, 2.05) is 12.1 Å². The number of anilines is 2.